The summed E-state index contributed by atoms with van der Waals surface area (Å²) in [4.78, 5) is 0. The van der Waals surface area contributed by atoms with Gasteiger partial charge in [-0.3, -0.25) is 0 Å². The molecule has 0 aromatic heterocycles. The van der Waals surface area contributed by atoms with Crippen molar-refractivity contribution in [1.29, 1.82) is 0 Å². The first-order chi connectivity index (χ1) is 10.0. The monoisotopic (exact) mass is 276 g/mol. The summed E-state index contributed by atoms with van der Waals surface area (Å²) in [6.07, 6.45) is 32.0. The van der Waals surface area contributed by atoms with Gasteiger partial charge in [-0.15, -0.1) is 0 Å². The van der Waals surface area contributed by atoms with Crippen molar-refractivity contribution in [2.45, 2.75) is 103 Å². The molecule has 0 N–H and O–H groups in total. The minimum atomic E-state index is 1.30. The highest BCUT2D eigenvalue weighted by atomic mass is 14.0. The highest BCUT2D eigenvalue weighted by Gasteiger charge is 1.92. The Labute approximate surface area is 127 Å². The summed E-state index contributed by atoms with van der Waals surface area (Å²) in [5, 5.41) is 0. The molecule has 20 heavy (non-hydrogen) atoms. The van der Waals surface area contributed by atoms with E-state index in [1.54, 1.807) is 0 Å². The number of rotatable bonds is 0. The van der Waals surface area contributed by atoms with Gasteiger partial charge < -0.3 is 0 Å². The van der Waals surface area contributed by atoms with E-state index in [0.717, 1.165) is 0 Å². The van der Waals surface area contributed by atoms with Gasteiger partial charge in [0.1, 0.15) is 0 Å². The van der Waals surface area contributed by atoms with Crippen LogP contribution in [-0.4, -0.2) is 0 Å². The van der Waals surface area contributed by atoms with E-state index in [9.17, 15) is 0 Å². The van der Waals surface area contributed by atoms with Crippen molar-refractivity contribution in [3.63, 3.8) is 0 Å². The predicted molar refractivity (Wildman–Crippen MR) is 92.2 cm³/mol. The van der Waals surface area contributed by atoms with Crippen molar-refractivity contribution in [3.8, 4) is 0 Å². The zero-order chi connectivity index (χ0) is 14.1. The summed E-state index contributed by atoms with van der Waals surface area (Å²) < 4.78 is 0. The Morgan fingerprint density at radius 1 is 0.250 bits per heavy atom. The first-order valence-corrected chi connectivity index (χ1v) is 9.30. The van der Waals surface area contributed by atoms with E-state index in [4.69, 9.17) is 0 Å². The normalized spacial score (nSPS) is 22.4. The molecule has 0 spiro atoms. The van der Waals surface area contributed by atoms with Crippen LogP contribution in [0.5, 0.6) is 0 Å². The van der Waals surface area contributed by atoms with Crippen LogP contribution >= 0.6 is 0 Å². The number of allylic oxidation sites excluding steroid dienone is 4. The molecule has 0 saturated heterocycles. The average Bonchev–Trinajstić information content (AvgIpc) is 2.46. The maximum absolute atomic E-state index is 2.42. The van der Waals surface area contributed by atoms with Gasteiger partial charge in [-0.25, -0.2) is 0 Å². The first-order valence-electron chi connectivity index (χ1n) is 9.30. The van der Waals surface area contributed by atoms with Crippen LogP contribution in [-0.2, 0) is 0 Å². The van der Waals surface area contributed by atoms with E-state index in [-0.39, 0.29) is 0 Å². The molecule has 0 radical (unpaired) electrons. The van der Waals surface area contributed by atoms with Crippen molar-refractivity contribution in [2.75, 3.05) is 0 Å². The molecule has 0 heteroatoms. The van der Waals surface area contributed by atoms with Gasteiger partial charge >= 0.3 is 0 Å². The number of hydrogen-bond donors (Lipinski definition) is 0. The second kappa shape index (κ2) is 14.9. The minimum absolute atomic E-state index is 1.30. The maximum Gasteiger partial charge on any atom is -0.0351 e. The third kappa shape index (κ3) is 12.5. The summed E-state index contributed by atoms with van der Waals surface area (Å²) >= 11 is 0. The molecule has 1 aliphatic carbocycles. The van der Waals surface area contributed by atoms with E-state index >= 15 is 0 Å². The Morgan fingerprint density at radius 2 is 0.450 bits per heavy atom. The van der Waals surface area contributed by atoms with Crippen LogP contribution in [0.2, 0.25) is 0 Å². The molecular formula is C20H36. The molecule has 0 fully saturated rings. The average molecular weight is 277 g/mol. The molecular weight excluding hydrogens is 240 g/mol. The van der Waals surface area contributed by atoms with Gasteiger partial charge in [0.25, 0.3) is 0 Å². The van der Waals surface area contributed by atoms with Crippen LogP contribution in [0.3, 0.4) is 0 Å². The Bertz CT molecular complexity index is 210. The van der Waals surface area contributed by atoms with Crippen molar-refractivity contribution in [2.24, 2.45) is 0 Å². The molecule has 0 nitrogen and oxygen atoms in total. The third-order valence-electron chi connectivity index (χ3n) is 4.32. The lowest BCUT2D eigenvalue weighted by Crippen LogP contribution is -1.82. The molecule has 0 atom stereocenters. The Morgan fingerprint density at radius 3 is 0.700 bits per heavy atom. The molecule has 0 unspecified atom stereocenters. The van der Waals surface area contributed by atoms with Crippen molar-refractivity contribution >= 4 is 0 Å². The molecule has 0 heterocycles. The summed E-state index contributed by atoms with van der Waals surface area (Å²) in [5.41, 5.74) is 0. The minimum Gasteiger partial charge on any atom is -0.0885 e. The lowest BCUT2D eigenvalue weighted by Gasteiger charge is -2.01. The zero-order valence-corrected chi connectivity index (χ0v) is 13.6. The Hall–Kier alpha value is -0.520. The largest absolute Gasteiger partial charge is 0.0885 e. The summed E-state index contributed by atoms with van der Waals surface area (Å²) in [5.74, 6) is 0. The maximum atomic E-state index is 2.42. The van der Waals surface area contributed by atoms with Crippen LogP contribution in [0.15, 0.2) is 24.3 Å². The summed E-state index contributed by atoms with van der Waals surface area (Å²) in [6, 6.07) is 0. The molecule has 0 saturated carbocycles. The summed E-state index contributed by atoms with van der Waals surface area (Å²) in [6.45, 7) is 0. The second-order valence-corrected chi connectivity index (χ2v) is 6.34. The smallest absolute Gasteiger partial charge is 0.0351 e. The van der Waals surface area contributed by atoms with Gasteiger partial charge in [0.15, 0.2) is 0 Å². The lowest BCUT2D eigenvalue weighted by molar-refractivity contribution is 0.570. The fourth-order valence-corrected chi connectivity index (χ4v) is 2.93. The quantitative estimate of drug-likeness (QED) is 0.405. The van der Waals surface area contributed by atoms with Gasteiger partial charge in [-0.1, -0.05) is 75.7 Å². The van der Waals surface area contributed by atoms with Crippen molar-refractivity contribution in [3.05, 3.63) is 24.3 Å². The number of hydrogen-bond acceptors (Lipinski definition) is 0. The molecule has 0 aliphatic heterocycles. The van der Waals surface area contributed by atoms with Crippen LogP contribution < -0.4 is 0 Å². The second-order valence-electron chi connectivity index (χ2n) is 6.34. The van der Waals surface area contributed by atoms with E-state index in [1.807, 2.05) is 0 Å². The first kappa shape index (κ1) is 17.5. The SMILES string of the molecule is C1=CCCCCCCCCCCC=CCCCCCC1. The van der Waals surface area contributed by atoms with Crippen molar-refractivity contribution < 1.29 is 0 Å². The highest BCUT2D eigenvalue weighted by Crippen LogP contribution is 2.12. The van der Waals surface area contributed by atoms with Gasteiger partial charge in [0.05, 0.1) is 0 Å². The van der Waals surface area contributed by atoms with Crippen LogP contribution in [0, 0.1) is 0 Å². The lowest BCUT2D eigenvalue weighted by atomic mass is 10.1. The van der Waals surface area contributed by atoms with E-state index in [1.165, 1.54) is 103 Å². The predicted octanol–water partition coefficient (Wildman–Crippen LogP) is 7.35. The molecule has 0 aromatic rings. The van der Waals surface area contributed by atoms with Crippen LogP contribution in [0.4, 0.5) is 0 Å². The highest BCUT2D eigenvalue weighted by molar-refractivity contribution is 4.82. The molecule has 1 aliphatic rings. The zero-order valence-electron chi connectivity index (χ0n) is 13.6. The van der Waals surface area contributed by atoms with Crippen LogP contribution in [0.1, 0.15) is 103 Å². The van der Waals surface area contributed by atoms with E-state index in [2.05, 4.69) is 24.3 Å². The summed E-state index contributed by atoms with van der Waals surface area (Å²) in [7, 11) is 0. The molecule has 0 aromatic carbocycles. The van der Waals surface area contributed by atoms with Gasteiger partial charge in [0, 0.05) is 0 Å². The van der Waals surface area contributed by atoms with Gasteiger partial charge in [-0.2, -0.15) is 0 Å². The fraction of sp³-hybridized carbons (Fsp3) is 0.800. The molecule has 0 amide bonds. The van der Waals surface area contributed by atoms with Crippen LogP contribution in [0.25, 0.3) is 0 Å². The van der Waals surface area contributed by atoms with E-state index < -0.39 is 0 Å². The standard InChI is InChI=1S/C20H36/c1-2-4-6-8-10-12-14-16-18-20-19-17-15-13-11-9-7-5-3-1/h1-2,15,17H,3-14,16,18-20H2. The van der Waals surface area contributed by atoms with E-state index in [0.29, 0.717) is 0 Å². The third-order valence-corrected chi connectivity index (χ3v) is 4.32. The Balaban J connectivity index is 2.11. The molecule has 116 valence electrons. The molecule has 0 bridgehead atoms. The molecule has 1 rings (SSSR count). The van der Waals surface area contributed by atoms with Gasteiger partial charge in [-0.05, 0) is 51.4 Å². The Kier molecular flexibility index (Phi) is 13.0. The topological polar surface area (TPSA) is 0 Å². The van der Waals surface area contributed by atoms with Gasteiger partial charge in [0.2, 0.25) is 0 Å². The fourth-order valence-electron chi connectivity index (χ4n) is 2.93. The van der Waals surface area contributed by atoms with Crippen molar-refractivity contribution in [1.82, 2.24) is 0 Å².